The molecular weight excluding hydrogens is 400 g/mol. The number of aromatic amines is 1. The summed E-state index contributed by atoms with van der Waals surface area (Å²) in [6.07, 6.45) is 0. The normalized spacial score (nSPS) is 10.5. The molecule has 0 saturated carbocycles. The SMILES string of the molecule is CCOC(=O)COc1cccc(NC(=O)Cn2c(-c3cccs3)n[nH]c2=S)c1. The smallest absolute Gasteiger partial charge is 0.344 e. The minimum atomic E-state index is -0.452. The van der Waals surface area contributed by atoms with E-state index in [0.717, 1.165) is 4.88 Å². The van der Waals surface area contributed by atoms with E-state index in [1.54, 1.807) is 35.8 Å². The fraction of sp³-hybridized carbons (Fsp3) is 0.222. The zero-order chi connectivity index (χ0) is 19.9. The van der Waals surface area contributed by atoms with E-state index in [4.69, 9.17) is 21.7 Å². The predicted octanol–water partition coefficient (Wildman–Crippen LogP) is 3.25. The van der Waals surface area contributed by atoms with Crippen LogP contribution in [0.25, 0.3) is 10.7 Å². The van der Waals surface area contributed by atoms with Crippen molar-refractivity contribution in [2.24, 2.45) is 0 Å². The number of hydrogen-bond donors (Lipinski definition) is 2. The first-order valence-electron chi connectivity index (χ1n) is 8.44. The van der Waals surface area contributed by atoms with Gasteiger partial charge in [0.25, 0.3) is 0 Å². The summed E-state index contributed by atoms with van der Waals surface area (Å²) < 4.78 is 12.2. The molecule has 0 aliphatic heterocycles. The Bertz CT molecular complexity index is 1010. The molecule has 3 rings (SSSR count). The summed E-state index contributed by atoms with van der Waals surface area (Å²) in [5, 5.41) is 11.6. The highest BCUT2D eigenvalue weighted by Gasteiger charge is 2.13. The minimum absolute atomic E-state index is 0.0104. The first-order chi connectivity index (χ1) is 13.6. The molecule has 2 N–H and O–H groups in total. The number of ether oxygens (including phenoxy) is 2. The van der Waals surface area contributed by atoms with Crippen molar-refractivity contribution in [2.45, 2.75) is 13.5 Å². The van der Waals surface area contributed by atoms with E-state index in [9.17, 15) is 9.59 Å². The summed E-state index contributed by atoms with van der Waals surface area (Å²) in [6.45, 7) is 1.84. The molecule has 28 heavy (non-hydrogen) atoms. The van der Waals surface area contributed by atoms with E-state index in [2.05, 4.69) is 15.5 Å². The Balaban J connectivity index is 1.65. The fourth-order valence-corrected chi connectivity index (χ4v) is 3.33. The van der Waals surface area contributed by atoms with Gasteiger partial charge in [-0.2, -0.15) is 5.10 Å². The second-order valence-corrected chi connectivity index (χ2v) is 6.92. The molecule has 0 bridgehead atoms. The van der Waals surface area contributed by atoms with E-state index in [-0.39, 0.29) is 19.1 Å². The Kier molecular flexibility index (Phi) is 6.56. The lowest BCUT2D eigenvalue weighted by Crippen LogP contribution is -2.19. The molecule has 0 aliphatic carbocycles. The number of amides is 1. The molecule has 146 valence electrons. The minimum Gasteiger partial charge on any atom is -0.482 e. The van der Waals surface area contributed by atoms with Crippen LogP contribution in [0.5, 0.6) is 5.75 Å². The molecule has 8 nitrogen and oxygen atoms in total. The van der Waals surface area contributed by atoms with Gasteiger partial charge in [-0.1, -0.05) is 12.1 Å². The van der Waals surface area contributed by atoms with Crippen molar-refractivity contribution in [3.05, 3.63) is 46.5 Å². The van der Waals surface area contributed by atoms with Gasteiger partial charge in [0, 0.05) is 11.8 Å². The molecule has 0 unspecified atom stereocenters. The average Bonchev–Trinajstić information content (AvgIpc) is 3.31. The number of benzene rings is 1. The zero-order valence-corrected chi connectivity index (χ0v) is 16.6. The molecule has 2 aromatic heterocycles. The summed E-state index contributed by atoms with van der Waals surface area (Å²) in [4.78, 5) is 24.8. The summed E-state index contributed by atoms with van der Waals surface area (Å²) in [7, 11) is 0. The molecule has 0 saturated heterocycles. The Morgan fingerprint density at radius 2 is 2.18 bits per heavy atom. The maximum absolute atomic E-state index is 12.5. The molecule has 2 heterocycles. The maximum Gasteiger partial charge on any atom is 0.344 e. The lowest BCUT2D eigenvalue weighted by molar-refractivity contribution is -0.145. The molecule has 1 amide bonds. The molecule has 0 radical (unpaired) electrons. The van der Waals surface area contributed by atoms with Crippen molar-refractivity contribution in [3.63, 3.8) is 0 Å². The third-order valence-electron chi connectivity index (χ3n) is 3.58. The lowest BCUT2D eigenvalue weighted by atomic mass is 10.3. The van der Waals surface area contributed by atoms with E-state index in [1.165, 1.54) is 11.3 Å². The van der Waals surface area contributed by atoms with Crippen LogP contribution in [0.3, 0.4) is 0 Å². The summed E-state index contributed by atoms with van der Waals surface area (Å²) in [6, 6.07) is 10.6. The number of nitrogens with one attached hydrogen (secondary N) is 2. The van der Waals surface area contributed by atoms with Gasteiger partial charge >= 0.3 is 5.97 Å². The molecule has 0 fully saturated rings. The lowest BCUT2D eigenvalue weighted by Gasteiger charge is -2.10. The van der Waals surface area contributed by atoms with E-state index in [1.807, 2.05) is 17.5 Å². The largest absolute Gasteiger partial charge is 0.482 e. The van der Waals surface area contributed by atoms with Gasteiger partial charge in [-0.3, -0.25) is 14.5 Å². The number of thiophene rings is 1. The van der Waals surface area contributed by atoms with Gasteiger partial charge in [-0.25, -0.2) is 4.79 Å². The van der Waals surface area contributed by atoms with Gasteiger partial charge in [-0.05, 0) is 42.7 Å². The number of nitrogens with zero attached hydrogens (tertiary/aromatic N) is 2. The molecular formula is C18H18N4O4S2. The van der Waals surface area contributed by atoms with Crippen LogP contribution in [0.15, 0.2) is 41.8 Å². The average molecular weight is 419 g/mol. The zero-order valence-electron chi connectivity index (χ0n) is 15.0. The first-order valence-corrected chi connectivity index (χ1v) is 9.73. The van der Waals surface area contributed by atoms with E-state index >= 15 is 0 Å². The van der Waals surface area contributed by atoms with Gasteiger partial charge in [0.1, 0.15) is 12.3 Å². The highest BCUT2D eigenvalue weighted by atomic mass is 32.1. The third kappa shape index (κ3) is 5.05. The van der Waals surface area contributed by atoms with Crippen LogP contribution in [-0.4, -0.2) is 39.9 Å². The van der Waals surface area contributed by atoms with Crippen LogP contribution in [0.1, 0.15) is 6.92 Å². The molecule has 10 heteroatoms. The Morgan fingerprint density at radius 3 is 2.93 bits per heavy atom. The summed E-state index contributed by atoms with van der Waals surface area (Å²) >= 11 is 6.75. The number of aromatic nitrogens is 3. The number of rotatable bonds is 8. The molecule has 0 spiro atoms. The van der Waals surface area contributed by atoms with Crippen molar-refractivity contribution >= 4 is 41.1 Å². The van der Waals surface area contributed by atoms with Gasteiger partial charge < -0.3 is 14.8 Å². The van der Waals surface area contributed by atoms with Crippen molar-refractivity contribution in [2.75, 3.05) is 18.5 Å². The molecule has 1 aromatic carbocycles. The van der Waals surface area contributed by atoms with Crippen LogP contribution < -0.4 is 10.1 Å². The molecule has 0 atom stereocenters. The Morgan fingerprint density at radius 1 is 1.32 bits per heavy atom. The van der Waals surface area contributed by atoms with Gasteiger partial charge in [0.2, 0.25) is 5.91 Å². The van der Waals surface area contributed by atoms with E-state index < -0.39 is 5.97 Å². The fourth-order valence-electron chi connectivity index (χ4n) is 2.41. The molecule has 3 aromatic rings. The van der Waals surface area contributed by atoms with Crippen LogP contribution >= 0.6 is 23.6 Å². The highest BCUT2D eigenvalue weighted by Crippen LogP contribution is 2.23. The number of carbonyl (C=O) groups is 2. The number of esters is 1. The second-order valence-electron chi connectivity index (χ2n) is 5.59. The van der Waals surface area contributed by atoms with Gasteiger partial charge in [0.05, 0.1) is 11.5 Å². The third-order valence-corrected chi connectivity index (χ3v) is 4.76. The highest BCUT2D eigenvalue weighted by molar-refractivity contribution is 7.71. The monoisotopic (exact) mass is 418 g/mol. The predicted molar refractivity (Wildman–Crippen MR) is 108 cm³/mol. The molecule has 0 aliphatic rings. The van der Waals surface area contributed by atoms with Gasteiger partial charge in [0.15, 0.2) is 17.2 Å². The Labute approximate surface area is 170 Å². The van der Waals surface area contributed by atoms with Gasteiger partial charge in [-0.15, -0.1) is 11.3 Å². The number of H-pyrrole nitrogens is 1. The van der Waals surface area contributed by atoms with Crippen LogP contribution in [0.2, 0.25) is 0 Å². The van der Waals surface area contributed by atoms with Crippen molar-refractivity contribution in [3.8, 4) is 16.5 Å². The standard InChI is InChI=1S/C18H18N4O4S2/c1-2-25-16(24)11-26-13-6-3-5-12(9-13)19-15(23)10-22-17(20-21-18(22)27)14-7-4-8-28-14/h3-9H,2,10-11H2,1H3,(H,19,23)(H,21,27). The summed E-state index contributed by atoms with van der Waals surface area (Å²) in [5.41, 5.74) is 0.541. The van der Waals surface area contributed by atoms with Crippen LogP contribution in [0.4, 0.5) is 5.69 Å². The van der Waals surface area contributed by atoms with Crippen molar-refractivity contribution < 1.29 is 19.1 Å². The number of hydrogen-bond acceptors (Lipinski definition) is 7. The van der Waals surface area contributed by atoms with Crippen LogP contribution in [-0.2, 0) is 20.9 Å². The summed E-state index contributed by atoms with van der Waals surface area (Å²) in [5.74, 6) is 0.344. The van der Waals surface area contributed by atoms with E-state index in [0.29, 0.717) is 28.6 Å². The maximum atomic E-state index is 12.5. The topological polar surface area (TPSA) is 98.2 Å². The van der Waals surface area contributed by atoms with Crippen LogP contribution in [0, 0.1) is 4.77 Å². The first kappa shape index (κ1) is 19.8. The van der Waals surface area contributed by atoms with Crippen molar-refractivity contribution in [1.82, 2.24) is 14.8 Å². The Hall–Kier alpha value is -2.98. The van der Waals surface area contributed by atoms with Crippen molar-refractivity contribution in [1.29, 1.82) is 0 Å². The second kappa shape index (κ2) is 9.29. The quantitative estimate of drug-likeness (QED) is 0.430. The number of carbonyl (C=O) groups excluding carboxylic acids is 2. The number of anilines is 1.